The van der Waals surface area contributed by atoms with E-state index in [4.69, 9.17) is 0 Å². The lowest BCUT2D eigenvalue weighted by atomic mass is 10.2. The van der Waals surface area contributed by atoms with Crippen molar-refractivity contribution < 1.29 is 13.2 Å². The highest BCUT2D eigenvalue weighted by Gasteiger charge is 2.23. The fourth-order valence-corrected chi connectivity index (χ4v) is 5.75. The summed E-state index contributed by atoms with van der Waals surface area (Å²) in [5, 5.41) is 0.596. The van der Waals surface area contributed by atoms with E-state index in [1.54, 1.807) is 47.8 Å². The Bertz CT molecular complexity index is 1300. The number of hydrogen-bond donors (Lipinski definition) is 0. The number of benzene rings is 2. The second-order valence-corrected chi connectivity index (χ2v) is 10.7. The average Bonchev–Trinajstić information content (AvgIpc) is 3.45. The molecule has 0 aliphatic rings. The highest BCUT2D eigenvalue weighted by Crippen LogP contribution is 2.30. The zero-order valence-corrected chi connectivity index (χ0v) is 19.3. The van der Waals surface area contributed by atoms with Gasteiger partial charge in [0.1, 0.15) is 0 Å². The Morgan fingerprint density at radius 2 is 1.97 bits per heavy atom. The number of carbonyl (C=O) groups is 1. The van der Waals surface area contributed by atoms with Crippen LogP contribution in [0.25, 0.3) is 10.2 Å². The van der Waals surface area contributed by atoms with Crippen LogP contribution in [-0.2, 0) is 21.2 Å². The molecule has 0 saturated heterocycles. The molecule has 4 aromatic rings. The summed E-state index contributed by atoms with van der Waals surface area (Å²) in [6.07, 6.45) is 5.92. The van der Waals surface area contributed by atoms with Crippen molar-refractivity contribution in [3.05, 3.63) is 72.8 Å². The lowest BCUT2D eigenvalue weighted by Gasteiger charge is -2.20. The van der Waals surface area contributed by atoms with E-state index in [1.165, 1.54) is 11.3 Å². The molecule has 2 aromatic carbocycles. The van der Waals surface area contributed by atoms with Gasteiger partial charge in [0.15, 0.2) is 15.0 Å². The zero-order chi connectivity index (χ0) is 22.6. The number of carbonyl (C=O) groups excluding carboxylic acids is 1. The second-order valence-electron chi connectivity index (χ2n) is 7.55. The molecular weight excluding hydrogens is 444 g/mol. The van der Waals surface area contributed by atoms with Gasteiger partial charge in [0, 0.05) is 31.9 Å². The van der Waals surface area contributed by atoms with E-state index in [9.17, 15) is 13.2 Å². The fraction of sp³-hybridized carbons (Fsp3) is 0.261. The molecule has 9 heteroatoms. The molecule has 0 N–H and O–H groups in total. The van der Waals surface area contributed by atoms with Crippen LogP contribution in [0.3, 0.4) is 0 Å². The molecule has 0 atom stereocenters. The molecule has 0 radical (unpaired) electrons. The van der Waals surface area contributed by atoms with Crippen molar-refractivity contribution in [1.29, 1.82) is 0 Å². The van der Waals surface area contributed by atoms with Gasteiger partial charge in [-0.15, -0.1) is 0 Å². The molecule has 0 bridgehead atoms. The maximum Gasteiger partial charge on any atom is 0.229 e. The van der Waals surface area contributed by atoms with Gasteiger partial charge in [-0.3, -0.25) is 9.69 Å². The molecule has 0 saturated carbocycles. The third-order valence-corrected chi connectivity index (χ3v) is 7.88. The molecule has 7 nitrogen and oxygen atoms in total. The molecule has 32 heavy (non-hydrogen) atoms. The van der Waals surface area contributed by atoms with Gasteiger partial charge in [-0.1, -0.05) is 35.6 Å². The predicted octanol–water partition coefficient (Wildman–Crippen LogP) is 4.09. The number of amides is 1. The van der Waals surface area contributed by atoms with Crippen molar-refractivity contribution in [2.75, 3.05) is 17.2 Å². The van der Waals surface area contributed by atoms with Gasteiger partial charge in [0.25, 0.3) is 0 Å². The van der Waals surface area contributed by atoms with E-state index >= 15 is 0 Å². The van der Waals surface area contributed by atoms with Crippen LogP contribution in [0.1, 0.15) is 18.4 Å². The van der Waals surface area contributed by atoms with Crippen molar-refractivity contribution >= 4 is 42.4 Å². The molecule has 0 unspecified atom stereocenters. The average molecular weight is 469 g/mol. The number of rotatable bonds is 9. The summed E-state index contributed by atoms with van der Waals surface area (Å²) in [7, 11) is -3.53. The van der Waals surface area contributed by atoms with Crippen molar-refractivity contribution in [1.82, 2.24) is 14.5 Å². The molecule has 0 aliphatic heterocycles. The summed E-state index contributed by atoms with van der Waals surface area (Å²) in [5.74, 6) is -0.483. The van der Waals surface area contributed by atoms with Gasteiger partial charge in [-0.2, -0.15) is 0 Å². The molecule has 166 valence electrons. The Morgan fingerprint density at radius 3 is 2.72 bits per heavy atom. The van der Waals surface area contributed by atoms with Crippen LogP contribution in [0.4, 0.5) is 5.13 Å². The van der Waals surface area contributed by atoms with Crippen LogP contribution in [0.5, 0.6) is 0 Å². The van der Waals surface area contributed by atoms with Gasteiger partial charge in [-0.05, 0) is 43.2 Å². The first-order valence-corrected chi connectivity index (χ1v) is 12.8. The van der Waals surface area contributed by atoms with Crippen LogP contribution < -0.4 is 4.90 Å². The first-order valence-electron chi connectivity index (χ1n) is 10.3. The van der Waals surface area contributed by atoms with Crippen LogP contribution in [0, 0.1) is 6.92 Å². The summed E-state index contributed by atoms with van der Waals surface area (Å²) in [6.45, 7) is 3.17. The smallest absolute Gasteiger partial charge is 0.229 e. The van der Waals surface area contributed by atoms with E-state index in [0.29, 0.717) is 24.6 Å². The Kier molecular flexibility index (Phi) is 6.66. The number of imidazole rings is 1. The van der Waals surface area contributed by atoms with Gasteiger partial charge in [-0.25, -0.2) is 18.4 Å². The van der Waals surface area contributed by atoms with Crippen molar-refractivity contribution in [3.8, 4) is 0 Å². The Morgan fingerprint density at radius 1 is 1.16 bits per heavy atom. The van der Waals surface area contributed by atoms with E-state index < -0.39 is 9.84 Å². The summed E-state index contributed by atoms with van der Waals surface area (Å²) in [4.78, 5) is 23.7. The molecule has 1 amide bonds. The van der Waals surface area contributed by atoms with Gasteiger partial charge >= 0.3 is 0 Å². The summed E-state index contributed by atoms with van der Waals surface area (Å²) >= 11 is 1.45. The number of nitrogens with zero attached hydrogens (tertiary/aromatic N) is 4. The number of aryl methyl sites for hydroxylation is 2. The van der Waals surface area contributed by atoms with Crippen LogP contribution in [0.2, 0.25) is 0 Å². The number of aromatic nitrogens is 3. The highest BCUT2D eigenvalue weighted by molar-refractivity contribution is 7.91. The Labute approximate surface area is 191 Å². The Hall–Kier alpha value is -3.04. The quantitative estimate of drug-likeness (QED) is 0.369. The second kappa shape index (κ2) is 9.62. The lowest BCUT2D eigenvalue weighted by molar-refractivity contribution is -0.118. The van der Waals surface area contributed by atoms with Crippen molar-refractivity contribution in [3.63, 3.8) is 0 Å². The van der Waals surface area contributed by atoms with E-state index in [1.807, 2.05) is 35.9 Å². The summed E-state index contributed by atoms with van der Waals surface area (Å²) in [6, 6.07) is 14.2. The number of fused-ring (bicyclic) bond motifs is 1. The Balaban J connectivity index is 1.52. The molecule has 2 heterocycles. The van der Waals surface area contributed by atoms with E-state index in [2.05, 4.69) is 9.97 Å². The van der Waals surface area contributed by atoms with E-state index in [0.717, 1.165) is 15.8 Å². The van der Waals surface area contributed by atoms with Crippen LogP contribution in [0.15, 0.2) is 72.1 Å². The van der Waals surface area contributed by atoms with Gasteiger partial charge in [0.05, 0.1) is 27.2 Å². The van der Waals surface area contributed by atoms with Gasteiger partial charge in [0.2, 0.25) is 5.91 Å². The fourth-order valence-electron chi connectivity index (χ4n) is 3.39. The first-order chi connectivity index (χ1) is 15.4. The molecular formula is C23H24N4O3S2. The normalized spacial score (nSPS) is 11.7. The summed E-state index contributed by atoms with van der Waals surface area (Å²) < 4.78 is 28.3. The molecule has 4 rings (SSSR count). The lowest BCUT2D eigenvalue weighted by Crippen LogP contribution is -2.33. The maximum absolute atomic E-state index is 13.2. The standard InChI is InChI=1S/C23H24N4O3S2/c1-18-8-9-20-21(16-18)31-23(25-20)27(13-5-12-26-14-11-24-17-26)22(28)10-15-32(29,30)19-6-3-2-4-7-19/h2-4,6-9,11,14,16-17H,5,10,12-13,15H2,1H3. The third kappa shape index (κ3) is 5.23. The molecule has 0 fully saturated rings. The van der Waals surface area contributed by atoms with Gasteiger partial charge < -0.3 is 4.57 Å². The highest BCUT2D eigenvalue weighted by atomic mass is 32.2. The minimum Gasteiger partial charge on any atom is -0.337 e. The largest absolute Gasteiger partial charge is 0.337 e. The molecule has 0 spiro atoms. The maximum atomic E-state index is 13.2. The zero-order valence-electron chi connectivity index (χ0n) is 17.7. The predicted molar refractivity (Wildman–Crippen MR) is 127 cm³/mol. The number of hydrogen-bond acceptors (Lipinski definition) is 6. The number of anilines is 1. The van der Waals surface area contributed by atoms with Crippen molar-refractivity contribution in [2.45, 2.75) is 31.2 Å². The van der Waals surface area contributed by atoms with E-state index in [-0.39, 0.29) is 23.0 Å². The molecule has 2 aromatic heterocycles. The SMILES string of the molecule is Cc1ccc2nc(N(CCCn3ccnc3)C(=O)CCS(=O)(=O)c3ccccc3)sc2c1. The third-order valence-electron chi connectivity index (χ3n) is 5.11. The first kappa shape index (κ1) is 22.2. The van der Waals surface area contributed by atoms with Crippen LogP contribution >= 0.6 is 11.3 Å². The topological polar surface area (TPSA) is 85.2 Å². The van der Waals surface area contributed by atoms with Crippen LogP contribution in [-0.4, -0.2) is 41.2 Å². The molecule has 0 aliphatic carbocycles. The van der Waals surface area contributed by atoms with Crippen molar-refractivity contribution in [2.24, 2.45) is 0 Å². The minimum atomic E-state index is -3.53. The number of sulfone groups is 1. The summed E-state index contributed by atoms with van der Waals surface area (Å²) in [5.41, 5.74) is 1.96. The number of thiazole rings is 1. The minimum absolute atomic E-state index is 0.0999. The monoisotopic (exact) mass is 468 g/mol.